The minimum atomic E-state index is -0.0407. The maximum absolute atomic E-state index is 12.5. The lowest BCUT2D eigenvalue weighted by Gasteiger charge is -2.28. The fourth-order valence-corrected chi connectivity index (χ4v) is 3.31. The number of carbonyl (C=O) groups excluding carboxylic acids is 1. The summed E-state index contributed by atoms with van der Waals surface area (Å²) in [4.78, 5) is 14.8. The van der Waals surface area contributed by atoms with Crippen molar-refractivity contribution in [2.45, 2.75) is 26.8 Å². The molecule has 1 amide bonds. The summed E-state index contributed by atoms with van der Waals surface area (Å²) in [5.74, 6) is -0.0407. The molecule has 3 rings (SSSR count). The Labute approximate surface area is 149 Å². The average molecular weight is 338 g/mol. The van der Waals surface area contributed by atoms with Gasteiger partial charge in [0.1, 0.15) is 0 Å². The first-order valence-corrected chi connectivity index (χ1v) is 8.85. The summed E-state index contributed by atoms with van der Waals surface area (Å²) >= 11 is 0. The lowest BCUT2D eigenvalue weighted by Crippen LogP contribution is -2.36. The van der Waals surface area contributed by atoms with E-state index in [0.717, 1.165) is 37.6 Å². The monoisotopic (exact) mass is 338 g/mol. The van der Waals surface area contributed by atoms with E-state index in [0.29, 0.717) is 5.56 Å². The third-order valence-electron chi connectivity index (χ3n) is 4.75. The van der Waals surface area contributed by atoms with Crippen LogP contribution in [0, 0.1) is 13.8 Å². The summed E-state index contributed by atoms with van der Waals surface area (Å²) < 4.78 is 5.38. The number of amides is 1. The van der Waals surface area contributed by atoms with Gasteiger partial charge in [0.05, 0.1) is 19.3 Å². The molecule has 4 heteroatoms. The highest BCUT2D eigenvalue weighted by Crippen LogP contribution is 2.20. The van der Waals surface area contributed by atoms with Gasteiger partial charge in [-0.2, -0.15) is 0 Å². The molecule has 4 nitrogen and oxygen atoms in total. The fourth-order valence-electron chi connectivity index (χ4n) is 3.31. The quantitative estimate of drug-likeness (QED) is 0.925. The van der Waals surface area contributed by atoms with Gasteiger partial charge in [-0.05, 0) is 56.2 Å². The number of nitrogens with zero attached hydrogens (tertiary/aromatic N) is 1. The van der Waals surface area contributed by atoms with Gasteiger partial charge < -0.3 is 15.0 Å². The zero-order valence-corrected chi connectivity index (χ0v) is 15.2. The highest BCUT2D eigenvalue weighted by Gasteiger charge is 2.15. The smallest absolute Gasteiger partial charge is 0.251 e. The summed E-state index contributed by atoms with van der Waals surface area (Å²) in [6.07, 6.45) is 0. The highest BCUT2D eigenvalue weighted by atomic mass is 16.5. The van der Waals surface area contributed by atoms with Gasteiger partial charge in [-0.1, -0.05) is 23.8 Å². The summed E-state index contributed by atoms with van der Waals surface area (Å²) in [6.45, 7) is 9.51. The van der Waals surface area contributed by atoms with Crippen molar-refractivity contribution in [3.63, 3.8) is 0 Å². The van der Waals surface area contributed by atoms with Gasteiger partial charge in [-0.3, -0.25) is 4.79 Å². The second-order valence-corrected chi connectivity index (χ2v) is 6.70. The predicted octanol–water partition coefficient (Wildman–Crippen LogP) is 3.63. The number of morpholine rings is 1. The van der Waals surface area contributed by atoms with Gasteiger partial charge in [0.15, 0.2) is 0 Å². The molecule has 2 aromatic carbocycles. The van der Waals surface area contributed by atoms with E-state index in [1.54, 1.807) is 0 Å². The highest BCUT2D eigenvalue weighted by molar-refractivity contribution is 5.94. The third kappa shape index (κ3) is 4.20. The molecule has 0 aromatic heterocycles. The Kier molecular flexibility index (Phi) is 5.39. The lowest BCUT2D eigenvalue weighted by molar-refractivity contribution is 0.0939. The lowest BCUT2D eigenvalue weighted by atomic mass is 10.00. The summed E-state index contributed by atoms with van der Waals surface area (Å²) in [5.41, 5.74) is 5.42. The Balaban J connectivity index is 1.66. The van der Waals surface area contributed by atoms with Gasteiger partial charge >= 0.3 is 0 Å². The van der Waals surface area contributed by atoms with E-state index in [-0.39, 0.29) is 11.9 Å². The molecule has 1 heterocycles. The van der Waals surface area contributed by atoms with Gasteiger partial charge in [0.2, 0.25) is 0 Å². The number of anilines is 1. The van der Waals surface area contributed by atoms with Crippen molar-refractivity contribution in [2.75, 3.05) is 31.2 Å². The van der Waals surface area contributed by atoms with Gasteiger partial charge in [-0.15, -0.1) is 0 Å². The molecule has 25 heavy (non-hydrogen) atoms. The van der Waals surface area contributed by atoms with Crippen LogP contribution in [0.4, 0.5) is 5.69 Å². The minimum absolute atomic E-state index is 0.0213. The van der Waals surface area contributed by atoms with Crippen LogP contribution in [-0.2, 0) is 4.74 Å². The number of hydrogen-bond donors (Lipinski definition) is 1. The molecule has 1 atom stereocenters. The third-order valence-corrected chi connectivity index (χ3v) is 4.75. The molecule has 0 aliphatic carbocycles. The van der Waals surface area contributed by atoms with E-state index in [9.17, 15) is 4.79 Å². The van der Waals surface area contributed by atoms with Crippen LogP contribution in [0.1, 0.15) is 40.0 Å². The van der Waals surface area contributed by atoms with Crippen LogP contribution in [0.25, 0.3) is 0 Å². The van der Waals surface area contributed by atoms with Crippen molar-refractivity contribution in [2.24, 2.45) is 0 Å². The van der Waals surface area contributed by atoms with Crippen LogP contribution in [0.2, 0.25) is 0 Å². The topological polar surface area (TPSA) is 41.6 Å². The molecule has 1 fully saturated rings. The Hall–Kier alpha value is -2.33. The van der Waals surface area contributed by atoms with Crippen LogP contribution in [0.15, 0.2) is 42.5 Å². The maximum atomic E-state index is 12.5. The van der Waals surface area contributed by atoms with Crippen molar-refractivity contribution in [1.29, 1.82) is 0 Å². The Morgan fingerprint density at radius 1 is 1.08 bits per heavy atom. The molecular weight excluding hydrogens is 312 g/mol. The average Bonchev–Trinajstić information content (AvgIpc) is 2.62. The number of hydrogen-bond acceptors (Lipinski definition) is 3. The Bertz CT molecular complexity index is 734. The Morgan fingerprint density at radius 3 is 2.40 bits per heavy atom. The van der Waals surface area contributed by atoms with Crippen LogP contribution >= 0.6 is 0 Å². The van der Waals surface area contributed by atoms with Crippen LogP contribution in [0.3, 0.4) is 0 Å². The molecule has 0 spiro atoms. The summed E-state index contributed by atoms with van der Waals surface area (Å²) in [5, 5.41) is 3.10. The number of ether oxygens (including phenoxy) is 1. The summed E-state index contributed by atoms with van der Waals surface area (Å²) in [7, 11) is 0. The van der Waals surface area contributed by atoms with Gasteiger partial charge in [-0.25, -0.2) is 0 Å². The van der Waals surface area contributed by atoms with Crippen LogP contribution in [-0.4, -0.2) is 32.2 Å². The minimum Gasteiger partial charge on any atom is -0.378 e. The second-order valence-electron chi connectivity index (χ2n) is 6.70. The second kappa shape index (κ2) is 7.70. The van der Waals surface area contributed by atoms with Gasteiger partial charge in [0, 0.05) is 24.3 Å². The summed E-state index contributed by atoms with van der Waals surface area (Å²) in [6, 6.07) is 14.1. The van der Waals surface area contributed by atoms with Crippen molar-refractivity contribution in [1.82, 2.24) is 5.32 Å². The van der Waals surface area contributed by atoms with E-state index in [1.807, 2.05) is 31.2 Å². The van der Waals surface area contributed by atoms with Crippen molar-refractivity contribution < 1.29 is 9.53 Å². The molecule has 0 radical (unpaired) electrons. The fraction of sp³-hybridized carbons (Fsp3) is 0.381. The molecule has 132 valence electrons. The van der Waals surface area contributed by atoms with Crippen molar-refractivity contribution in [3.8, 4) is 0 Å². The molecule has 0 unspecified atom stereocenters. The number of benzene rings is 2. The van der Waals surface area contributed by atoms with E-state index in [2.05, 4.69) is 42.3 Å². The zero-order chi connectivity index (χ0) is 17.8. The SMILES string of the molecule is Cc1ccc([C@H](C)NC(=O)c2ccc(N3CCOCC3)cc2)c(C)c1. The molecular formula is C21H26N2O2. The van der Waals surface area contributed by atoms with E-state index < -0.39 is 0 Å². The first-order valence-electron chi connectivity index (χ1n) is 8.85. The number of aryl methyl sites for hydroxylation is 2. The van der Waals surface area contributed by atoms with E-state index >= 15 is 0 Å². The molecule has 0 saturated carbocycles. The molecule has 2 aromatic rings. The molecule has 1 saturated heterocycles. The molecule has 1 N–H and O–H groups in total. The first-order chi connectivity index (χ1) is 12.0. The number of nitrogens with one attached hydrogen (secondary N) is 1. The van der Waals surface area contributed by atoms with Crippen molar-refractivity contribution in [3.05, 3.63) is 64.7 Å². The Morgan fingerprint density at radius 2 is 1.76 bits per heavy atom. The predicted molar refractivity (Wildman–Crippen MR) is 101 cm³/mol. The van der Waals surface area contributed by atoms with E-state index in [4.69, 9.17) is 4.74 Å². The standard InChI is InChI=1S/C21H26N2O2/c1-15-4-9-20(16(2)14-15)17(3)22-21(24)18-5-7-19(8-6-18)23-10-12-25-13-11-23/h4-9,14,17H,10-13H2,1-3H3,(H,22,24)/t17-/m0/s1. The maximum Gasteiger partial charge on any atom is 0.251 e. The van der Waals surface area contributed by atoms with Gasteiger partial charge in [0.25, 0.3) is 5.91 Å². The van der Waals surface area contributed by atoms with E-state index in [1.165, 1.54) is 11.1 Å². The first kappa shape index (κ1) is 17.5. The van der Waals surface area contributed by atoms with Crippen LogP contribution in [0.5, 0.6) is 0 Å². The molecule has 1 aliphatic heterocycles. The zero-order valence-electron chi connectivity index (χ0n) is 15.2. The largest absolute Gasteiger partial charge is 0.378 e. The van der Waals surface area contributed by atoms with Crippen LogP contribution < -0.4 is 10.2 Å². The number of rotatable bonds is 4. The normalized spacial score (nSPS) is 15.7. The molecule has 0 bridgehead atoms. The molecule has 1 aliphatic rings. The van der Waals surface area contributed by atoms with Crippen molar-refractivity contribution >= 4 is 11.6 Å². The number of carbonyl (C=O) groups is 1.